The fourth-order valence-electron chi connectivity index (χ4n) is 0. The molecule has 0 bridgehead atoms. The molecule has 0 spiro atoms. The Balaban J connectivity index is 0. The summed E-state index contributed by atoms with van der Waals surface area (Å²) in [7, 11) is 0. The number of hydrogen-bond acceptors (Lipinski definition) is 1. The molecular formula is C3H8OPd. The van der Waals surface area contributed by atoms with Gasteiger partial charge in [0, 0.05) is 26.5 Å². The Bertz CT molecular complexity index is 11.6. The van der Waals surface area contributed by atoms with Crippen LogP contribution < -0.4 is 0 Å². The van der Waals surface area contributed by atoms with Gasteiger partial charge >= 0.3 is 0 Å². The van der Waals surface area contributed by atoms with Crippen molar-refractivity contribution >= 4 is 0 Å². The molecule has 0 aromatic heterocycles. The molecule has 0 aliphatic carbocycles. The zero-order valence-electron chi connectivity index (χ0n) is 3.34. The van der Waals surface area contributed by atoms with Gasteiger partial charge in [0.25, 0.3) is 0 Å². The summed E-state index contributed by atoms with van der Waals surface area (Å²) in [4.78, 5) is 0. The normalized spacial score (nSPS) is 7.20. The number of hydrogen-bond donors (Lipinski definition) is 1. The van der Waals surface area contributed by atoms with E-state index in [9.17, 15) is 0 Å². The predicted octanol–water partition coefficient (Wildman–Crippen LogP) is 0.385. The van der Waals surface area contributed by atoms with E-state index in [0.717, 1.165) is 0 Å². The van der Waals surface area contributed by atoms with Crippen molar-refractivity contribution in [2.24, 2.45) is 0 Å². The minimum Gasteiger partial charge on any atom is -0.394 e. The van der Waals surface area contributed by atoms with Crippen LogP contribution in [0.4, 0.5) is 0 Å². The molecule has 0 rings (SSSR count). The molecule has 0 aromatic rings. The van der Waals surface area contributed by atoms with Crippen LogP contribution in [0.15, 0.2) is 0 Å². The predicted molar refractivity (Wildman–Crippen MR) is 17.4 cm³/mol. The van der Waals surface area contributed by atoms with E-state index in [4.69, 9.17) is 5.11 Å². The molecule has 0 aliphatic rings. The summed E-state index contributed by atoms with van der Waals surface area (Å²) in [6, 6.07) is 0. The molecule has 0 unspecified atom stereocenters. The van der Waals surface area contributed by atoms with Crippen molar-refractivity contribution in [3.05, 3.63) is 0 Å². The molecule has 0 aromatic carbocycles. The fraction of sp³-hybridized carbons (Fsp3) is 1.00. The van der Waals surface area contributed by atoms with Crippen LogP contribution in [0.3, 0.4) is 0 Å². The van der Waals surface area contributed by atoms with Crippen LogP contribution in [0, 0.1) is 0 Å². The summed E-state index contributed by atoms with van der Waals surface area (Å²) in [6.45, 7) is 3.44. The Hall–Kier alpha value is 0.622. The van der Waals surface area contributed by atoms with Crippen molar-refractivity contribution in [2.75, 3.05) is 0 Å². The monoisotopic (exact) mass is 166 g/mol. The first-order chi connectivity index (χ1) is 1.73. The maximum atomic E-state index is 8.06. The third-order valence-corrected chi connectivity index (χ3v) is 0. The van der Waals surface area contributed by atoms with Crippen LogP contribution in [0.1, 0.15) is 13.8 Å². The van der Waals surface area contributed by atoms with Gasteiger partial charge in [0.1, 0.15) is 0 Å². The van der Waals surface area contributed by atoms with Crippen molar-refractivity contribution in [1.82, 2.24) is 0 Å². The van der Waals surface area contributed by atoms with Gasteiger partial charge in [0.15, 0.2) is 0 Å². The van der Waals surface area contributed by atoms with Crippen LogP contribution in [0.5, 0.6) is 0 Å². The zero-order valence-corrected chi connectivity index (χ0v) is 4.90. The number of aliphatic hydroxyl groups is 1. The van der Waals surface area contributed by atoms with E-state index in [1.165, 1.54) is 0 Å². The summed E-state index contributed by atoms with van der Waals surface area (Å²) in [6.07, 6.45) is -0.167. The minimum atomic E-state index is -0.167. The van der Waals surface area contributed by atoms with Gasteiger partial charge in [0.05, 0.1) is 0 Å². The van der Waals surface area contributed by atoms with Crippen molar-refractivity contribution < 1.29 is 25.5 Å². The second kappa shape index (κ2) is 4.62. The van der Waals surface area contributed by atoms with Crippen molar-refractivity contribution in [1.29, 1.82) is 0 Å². The van der Waals surface area contributed by atoms with E-state index in [-0.39, 0.29) is 26.5 Å². The number of aliphatic hydroxyl groups excluding tert-OH is 1. The van der Waals surface area contributed by atoms with Crippen LogP contribution >= 0.6 is 0 Å². The first-order valence-electron chi connectivity index (χ1n) is 1.41. The standard InChI is InChI=1S/C3H8O.Pd/c1-3(2)4;/h3-4H,1-2H3;. The van der Waals surface area contributed by atoms with E-state index in [2.05, 4.69) is 0 Å². The van der Waals surface area contributed by atoms with Crippen LogP contribution in [-0.4, -0.2) is 11.2 Å². The molecule has 0 fully saturated rings. The van der Waals surface area contributed by atoms with Crippen molar-refractivity contribution in [3.63, 3.8) is 0 Å². The summed E-state index contributed by atoms with van der Waals surface area (Å²) in [5, 5.41) is 8.06. The summed E-state index contributed by atoms with van der Waals surface area (Å²) in [5.74, 6) is 0. The molecule has 0 amide bonds. The first-order valence-corrected chi connectivity index (χ1v) is 1.41. The second-order valence-electron chi connectivity index (χ2n) is 1.09. The van der Waals surface area contributed by atoms with Gasteiger partial charge in [-0.25, -0.2) is 0 Å². The summed E-state index contributed by atoms with van der Waals surface area (Å²) in [5.41, 5.74) is 0. The third-order valence-electron chi connectivity index (χ3n) is 0. The smallest absolute Gasteiger partial charge is 0.0483 e. The van der Waals surface area contributed by atoms with E-state index >= 15 is 0 Å². The maximum absolute atomic E-state index is 8.06. The molecule has 5 heavy (non-hydrogen) atoms. The first kappa shape index (κ1) is 9.16. The Morgan fingerprint density at radius 3 is 1.40 bits per heavy atom. The molecule has 0 aliphatic heterocycles. The van der Waals surface area contributed by atoms with Crippen LogP contribution in [0.2, 0.25) is 0 Å². The molecule has 2 heteroatoms. The summed E-state index contributed by atoms with van der Waals surface area (Å²) >= 11 is 0. The van der Waals surface area contributed by atoms with Gasteiger partial charge in [-0.1, -0.05) is 0 Å². The van der Waals surface area contributed by atoms with Gasteiger partial charge in [-0.05, 0) is 13.8 Å². The Kier molecular flexibility index (Phi) is 8.46. The molecule has 0 radical (unpaired) electrons. The molecule has 1 N–H and O–H groups in total. The molecule has 0 heterocycles. The quantitative estimate of drug-likeness (QED) is 0.516. The van der Waals surface area contributed by atoms with Gasteiger partial charge < -0.3 is 5.11 Å². The van der Waals surface area contributed by atoms with Gasteiger partial charge in [-0.2, -0.15) is 0 Å². The average Bonchev–Trinajstić information content (AvgIpc) is 0.811. The SMILES string of the molecule is CC(C)O.[Pd]. The molecule has 0 saturated heterocycles. The van der Waals surface area contributed by atoms with Gasteiger partial charge in [0.2, 0.25) is 0 Å². The Morgan fingerprint density at radius 1 is 1.40 bits per heavy atom. The molecule has 0 saturated carbocycles. The largest absolute Gasteiger partial charge is 0.394 e. The fourth-order valence-corrected chi connectivity index (χ4v) is 0. The van der Waals surface area contributed by atoms with E-state index in [0.29, 0.717) is 0 Å². The van der Waals surface area contributed by atoms with E-state index < -0.39 is 0 Å². The van der Waals surface area contributed by atoms with Crippen molar-refractivity contribution in [3.8, 4) is 0 Å². The summed E-state index contributed by atoms with van der Waals surface area (Å²) < 4.78 is 0. The second-order valence-corrected chi connectivity index (χ2v) is 1.09. The Morgan fingerprint density at radius 2 is 1.40 bits per heavy atom. The van der Waals surface area contributed by atoms with Gasteiger partial charge in [-0.15, -0.1) is 0 Å². The van der Waals surface area contributed by atoms with E-state index in [1.807, 2.05) is 0 Å². The Labute approximate surface area is 46.0 Å². The molecule has 0 atom stereocenters. The number of rotatable bonds is 0. The molecule has 36 valence electrons. The van der Waals surface area contributed by atoms with Crippen LogP contribution in [-0.2, 0) is 20.4 Å². The minimum absolute atomic E-state index is 0. The van der Waals surface area contributed by atoms with Crippen LogP contribution in [0.25, 0.3) is 0 Å². The zero-order chi connectivity index (χ0) is 3.58. The third kappa shape index (κ3) is 82.1. The topological polar surface area (TPSA) is 20.2 Å². The van der Waals surface area contributed by atoms with Crippen molar-refractivity contribution in [2.45, 2.75) is 20.0 Å². The molecule has 1 nitrogen and oxygen atoms in total. The maximum Gasteiger partial charge on any atom is 0.0483 e. The average molecular weight is 167 g/mol. The van der Waals surface area contributed by atoms with Gasteiger partial charge in [-0.3, -0.25) is 0 Å². The molecular weight excluding hydrogens is 158 g/mol. The van der Waals surface area contributed by atoms with E-state index in [1.54, 1.807) is 13.8 Å².